The van der Waals surface area contributed by atoms with Gasteiger partial charge in [0, 0.05) is 23.7 Å². The highest BCUT2D eigenvalue weighted by atomic mass is 35.5. The van der Waals surface area contributed by atoms with E-state index in [1.165, 1.54) is 5.56 Å². The molecule has 0 saturated carbocycles. The predicted molar refractivity (Wildman–Crippen MR) is 134 cm³/mol. The molecule has 3 aromatic carbocycles. The Kier molecular flexibility index (Phi) is 9.20. The Hall–Kier alpha value is -2.98. The van der Waals surface area contributed by atoms with Crippen LogP contribution in [0.15, 0.2) is 66.7 Å². The first-order chi connectivity index (χ1) is 16.0. The van der Waals surface area contributed by atoms with Gasteiger partial charge in [0.15, 0.2) is 11.5 Å². The number of hydrogen-bond donors (Lipinski definition) is 0. The van der Waals surface area contributed by atoms with Crippen LogP contribution in [0.3, 0.4) is 0 Å². The molecule has 0 unspecified atom stereocenters. The van der Waals surface area contributed by atoms with Gasteiger partial charge in [0.05, 0.1) is 14.2 Å². The molecule has 0 heterocycles. The number of amides is 1. The van der Waals surface area contributed by atoms with Crippen molar-refractivity contribution in [3.63, 3.8) is 0 Å². The molecule has 3 aromatic rings. The molecule has 33 heavy (non-hydrogen) atoms. The number of halogens is 1. The number of carbonyl (C=O) groups excluding carboxylic acids is 1. The van der Waals surface area contributed by atoms with Gasteiger partial charge in [0.25, 0.3) is 5.91 Å². The molecular formula is C28H32ClNO3. The van der Waals surface area contributed by atoms with Crippen molar-refractivity contribution < 1.29 is 14.3 Å². The SMILES string of the molecule is CCCCc1ccc(C(=O)N(CCc2ccc(OC)c(OC)c2)Cc2ccc(Cl)cc2)cc1. The minimum atomic E-state index is 0.0208. The molecule has 0 aliphatic carbocycles. The van der Waals surface area contributed by atoms with E-state index in [1.807, 2.05) is 59.5 Å². The fourth-order valence-corrected chi connectivity index (χ4v) is 3.87. The topological polar surface area (TPSA) is 38.8 Å². The van der Waals surface area contributed by atoms with E-state index in [4.69, 9.17) is 21.1 Å². The number of rotatable bonds is 11. The van der Waals surface area contributed by atoms with Crippen LogP contribution in [0.2, 0.25) is 5.02 Å². The molecule has 0 atom stereocenters. The molecule has 4 nitrogen and oxygen atoms in total. The molecule has 0 radical (unpaired) electrons. The number of benzene rings is 3. The maximum atomic E-state index is 13.4. The molecule has 0 aliphatic rings. The number of methoxy groups -OCH3 is 2. The van der Waals surface area contributed by atoms with Crippen molar-refractivity contribution in [2.45, 2.75) is 39.2 Å². The Morgan fingerprint density at radius 1 is 0.818 bits per heavy atom. The number of nitrogens with zero attached hydrogens (tertiary/aromatic N) is 1. The fourth-order valence-electron chi connectivity index (χ4n) is 3.74. The largest absolute Gasteiger partial charge is 0.493 e. The minimum absolute atomic E-state index is 0.0208. The minimum Gasteiger partial charge on any atom is -0.493 e. The molecule has 1 amide bonds. The highest BCUT2D eigenvalue weighted by molar-refractivity contribution is 6.30. The summed E-state index contributed by atoms with van der Waals surface area (Å²) < 4.78 is 10.8. The molecule has 0 spiro atoms. The second-order valence-electron chi connectivity index (χ2n) is 8.09. The van der Waals surface area contributed by atoms with Crippen molar-refractivity contribution in [2.75, 3.05) is 20.8 Å². The Labute approximate surface area is 202 Å². The average Bonchev–Trinajstić information content (AvgIpc) is 2.86. The third-order valence-corrected chi connectivity index (χ3v) is 5.96. The monoisotopic (exact) mass is 465 g/mol. The standard InChI is InChI=1S/C28H32ClNO3/c1-4-5-6-21-7-12-24(13-8-21)28(31)30(20-23-9-14-25(29)15-10-23)18-17-22-11-16-26(32-2)27(19-22)33-3/h7-16,19H,4-6,17-18,20H2,1-3H3. The second-order valence-corrected chi connectivity index (χ2v) is 8.53. The first kappa shape index (κ1) is 24.7. The summed E-state index contributed by atoms with van der Waals surface area (Å²) in [6.45, 7) is 3.28. The van der Waals surface area contributed by atoms with E-state index in [1.54, 1.807) is 14.2 Å². The van der Waals surface area contributed by atoms with Crippen LogP contribution in [0.1, 0.15) is 46.8 Å². The summed E-state index contributed by atoms with van der Waals surface area (Å²) >= 11 is 6.05. The van der Waals surface area contributed by atoms with Crippen molar-refractivity contribution in [3.05, 3.63) is 94.0 Å². The van der Waals surface area contributed by atoms with E-state index in [9.17, 15) is 4.79 Å². The first-order valence-electron chi connectivity index (χ1n) is 11.4. The Balaban J connectivity index is 1.78. The quantitative estimate of drug-likeness (QED) is 0.321. The predicted octanol–water partition coefficient (Wildman–Crippen LogP) is 6.58. The van der Waals surface area contributed by atoms with E-state index in [-0.39, 0.29) is 5.91 Å². The van der Waals surface area contributed by atoms with E-state index >= 15 is 0 Å². The highest BCUT2D eigenvalue weighted by Gasteiger charge is 2.17. The Bertz CT molecular complexity index is 1030. The van der Waals surface area contributed by atoms with Crippen molar-refractivity contribution in [1.82, 2.24) is 4.90 Å². The Morgan fingerprint density at radius 3 is 2.09 bits per heavy atom. The number of ether oxygens (including phenoxy) is 2. The molecule has 5 heteroatoms. The van der Waals surface area contributed by atoms with Gasteiger partial charge in [-0.15, -0.1) is 0 Å². The molecule has 0 bridgehead atoms. The third-order valence-electron chi connectivity index (χ3n) is 5.71. The molecular weight excluding hydrogens is 434 g/mol. The van der Waals surface area contributed by atoms with E-state index in [0.717, 1.165) is 30.4 Å². The van der Waals surface area contributed by atoms with Crippen LogP contribution in [0.4, 0.5) is 0 Å². The lowest BCUT2D eigenvalue weighted by molar-refractivity contribution is 0.0745. The highest BCUT2D eigenvalue weighted by Crippen LogP contribution is 2.28. The lowest BCUT2D eigenvalue weighted by Crippen LogP contribution is -2.32. The lowest BCUT2D eigenvalue weighted by atomic mass is 10.0. The summed E-state index contributed by atoms with van der Waals surface area (Å²) in [5, 5.41) is 0.685. The van der Waals surface area contributed by atoms with Gasteiger partial charge < -0.3 is 14.4 Å². The van der Waals surface area contributed by atoms with Crippen LogP contribution in [-0.2, 0) is 19.4 Å². The zero-order valence-corrected chi connectivity index (χ0v) is 20.4. The van der Waals surface area contributed by atoms with Crippen molar-refractivity contribution >= 4 is 17.5 Å². The molecule has 0 fully saturated rings. The summed E-state index contributed by atoms with van der Waals surface area (Å²) in [6, 6.07) is 21.5. The normalized spacial score (nSPS) is 10.7. The van der Waals surface area contributed by atoms with Gasteiger partial charge in [-0.1, -0.05) is 55.3 Å². The maximum absolute atomic E-state index is 13.4. The first-order valence-corrected chi connectivity index (χ1v) is 11.8. The second kappa shape index (κ2) is 12.3. The summed E-state index contributed by atoms with van der Waals surface area (Å²) in [6.07, 6.45) is 4.06. The van der Waals surface area contributed by atoms with Crippen molar-refractivity contribution in [2.24, 2.45) is 0 Å². The lowest BCUT2D eigenvalue weighted by Gasteiger charge is -2.23. The van der Waals surface area contributed by atoms with Gasteiger partial charge in [-0.2, -0.15) is 0 Å². The van der Waals surface area contributed by atoms with Gasteiger partial charge in [0.2, 0.25) is 0 Å². The molecule has 3 rings (SSSR count). The molecule has 0 aliphatic heterocycles. The van der Waals surface area contributed by atoms with Gasteiger partial charge in [0.1, 0.15) is 0 Å². The van der Waals surface area contributed by atoms with Crippen LogP contribution in [0.25, 0.3) is 0 Å². The van der Waals surface area contributed by atoms with Gasteiger partial charge in [-0.3, -0.25) is 4.79 Å². The number of unbranched alkanes of at least 4 members (excludes halogenated alkanes) is 1. The molecule has 0 N–H and O–H groups in total. The molecule has 0 saturated heterocycles. The van der Waals surface area contributed by atoms with Gasteiger partial charge in [-0.05, 0) is 72.4 Å². The van der Waals surface area contributed by atoms with Crippen LogP contribution < -0.4 is 9.47 Å². The van der Waals surface area contributed by atoms with Crippen LogP contribution in [0.5, 0.6) is 11.5 Å². The molecule has 174 valence electrons. The van der Waals surface area contributed by atoms with E-state index in [0.29, 0.717) is 41.6 Å². The van der Waals surface area contributed by atoms with Crippen molar-refractivity contribution in [1.29, 1.82) is 0 Å². The smallest absolute Gasteiger partial charge is 0.254 e. The van der Waals surface area contributed by atoms with E-state index in [2.05, 4.69) is 19.1 Å². The Morgan fingerprint density at radius 2 is 1.45 bits per heavy atom. The fraction of sp³-hybridized carbons (Fsp3) is 0.321. The van der Waals surface area contributed by atoms with Crippen LogP contribution >= 0.6 is 11.6 Å². The summed E-state index contributed by atoms with van der Waals surface area (Å²) in [5.74, 6) is 1.40. The molecule has 0 aromatic heterocycles. The number of hydrogen-bond acceptors (Lipinski definition) is 3. The summed E-state index contributed by atoms with van der Waals surface area (Å²) in [7, 11) is 3.25. The zero-order valence-electron chi connectivity index (χ0n) is 19.6. The summed E-state index contributed by atoms with van der Waals surface area (Å²) in [4.78, 5) is 15.3. The number of aryl methyl sites for hydroxylation is 1. The van der Waals surface area contributed by atoms with Crippen LogP contribution in [-0.4, -0.2) is 31.6 Å². The van der Waals surface area contributed by atoms with Crippen LogP contribution in [0, 0.1) is 0 Å². The maximum Gasteiger partial charge on any atom is 0.254 e. The third kappa shape index (κ3) is 7.00. The average molecular weight is 466 g/mol. The van der Waals surface area contributed by atoms with E-state index < -0.39 is 0 Å². The zero-order chi connectivity index (χ0) is 23.6. The van der Waals surface area contributed by atoms with Crippen molar-refractivity contribution in [3.8, 4) is 11.5 Å². The summed E-state index contributed by atoms with van der Waals surface area (Å²) in [5.41, 5.74) is 4.09. The number of carbonyl (C=O) groups is 1. The van der Waals surface area contributed by atoms with Gasteiger partial charge >= 0.3 is 0 Å². The van der Waals surface area contributed by atoms with Gasteiger partial charge in [-0.25, -0.2) is 0 Å².